The zero-order valence-corrected chi connectivity index (χ0v) is 12.3. The molecule has 1 aromatic rings. The van der Waals surface area contributed by atoms with Crippen LogP contribution in [-0.2, 0) is 14.9 Å². The second-order valence-electron chi connectivity index (χ2n) is 3.79. The number of carbonyl (C=O) groups is 1. The number of hydrogen-bond acceptors (Lipinski definition) is 4. The van der Waals surface area contributed by atoms with Crippen molar-refractivity contribution in [3.63, 3.8) is 0 Å². The first-order chi connectivity index (χ1) is 9.42. The van der Waals surface area contributed by atoms with Crippen LogP contribution in [0.3, 0.4) is 0 Å². The van der Waals surface area contributed by atoms with Gasteiger partial charge in [0.15, 0.2) is 5.82 Å². The van der Waals surface area contributed by atoms with Crippen molar-refractivity contribution in [1.82, 2.24) is 0 Å². The molecule has 0 spiro atoms. The van der Waals surface area contributed by atoms with Crippen molar-refractivity contribution >= 4 is 32.0 Å². The standard InChI is InChI=1S/C10H7BrF4O5S/c11-6-3-1-2-5(8(6)12)9(16)20-7(10(13,14)15)4-21(17,18)19/h1-3,7H,4H2,(H,17,18,19). The van der Waals surface area contributed by atoms with Gasteiger partial charge in [-0.3, -0.25) is 4.55 Å². The molecule has 0 bridgehead atoms. The zero-order valence-electron chi connectivity index (χ0n) is 9.89. The summed E-state index contributed by atoms with van der Waals surface area (Å²) in [6, 6.07) is 3.24. The molecule has 21 heavy (non-hydrogen) atoms. The highest BCUT2D eigenvalue weighted by Crippen LogP contribution is 2.26. The third kappa shape index (κ3) is 5.25. The molecule has 1 atom stereocenters. The summed E-state index contributed by atoms with van der Waals surface area (Å²) in [5.74, 6) is -4.74. The number of hydrogen-bond donors (Lipinski definition) is 1. The summed E-state index contributed by atoms with van der Waals surface area (Å²) in [4.78, 5) is 11.5. The second-order valence-corrected chi connectivity index (χ2v) is 6.14. The summed E-state index contributed by atoms with van der Waals surface area (Å²) in [5, 5.41) is 0. The smallest absolute Gasteiger partial charge is 0.426 e. The molecule has 0 aromatic heterocycles. The number of halogens is 5. The predicted octanol–water partition coefficient (Wildman–Crippen LogP) is 2.56. The maximum absolute atomic E-state index is 13.5. The Labute approximate surface area is 124 Å². The van der Waals surface area contributed by atoms with Crippen LogP contribution in [0.4, 0.5) is 17.6 Å². The number of carbonyl (C=O) groups excluding carboxylic acids is 1. The van der Waals surface area contributed by atoms with Crippen molar-refractivity contribution in [2.75, 3.05) is 5.75 Å². The van der Waals surface area contributed by atoms with Gasteiger partial charge in [0.2, 0.25) is 6.10 Å². The van der Waals surface area contributed by atoms with Crippen LogP contribution in [0.15, 0.2) is 22.7 Å². The molecule has 0 aliphatic carbocycles. The second kappa shape index (κ2) is 6.28. The fourth-order valence-electron chi connectivity index (χ4n) is 1.24. The topological polar surface area (TPSA) is 80.7 Å². The van der Waals surface area contributed by atoms with Crippen LogP contribution in [0.5, 0.6) is 0 Å². The van der Waals surface area contributed by atoms with E-state index in [0.717, 1.165) is 6.07 Å². The Morgan fingerprint density at radius 3 is 2.43 bits per heavy atom. The third-order valence-corrected chi connectivity index (χ3v) is 3.48. The molecular weight excluding hydrogens is 388 g/mol. The van der Waals surface area contributed by atoms with Gasteiger partial charge in [-0.25, -0.2) is 9.18 Å². The van der Waals surface area contributed by atoms with Crippen LogP contribution < -0.4 is 0 Å². The molecule has 1 rings (SSSR count). The number of rotatable bonds is 4. The molecule has 0 radical (unpaired) electrons. The molecule has 1 unspecified atom stereocenters. The fourth-order valence-corrected chi connectivity index (χ4v) is 2.25. The van der Waals surface area contributed by atoms with Crippen molar-refractivity contribution in [3.05, 3.63) is 34.1 Å². The molecule has 0 saturated carbocycles. The first-order valence-electron chi connectivity index (χ1n) is 5.08. The first kappa shape index (κ1) is 17.9. The van der Waals surface area contributed by atoms with Crippen molar-refractivity contribution in [2.45, 2.75) is 12.3 Å². The molecule has 0 heterocycles. The van der Waals surface area contributed by atoms with Gasteiger partial charge in [-0.15, -0.1) is 0 Å². The van der Waals surface area contributed by atoms with Crippen molar-refractivity contribution in [3.8, 4) is 0 Å². The molecule has 0 amide bonds. The van der Waals surface area contributed by atoms with E-state index in [1.807, 2.05) is 0 Å². The van der Waals surface area contributed by atoms with Gasteiger partial charge in [-0.05, 0) is 28.1 Å². The lowest BCUT2D eigenvalue weighted by Crippen LogP contribution is -2.39. The van der Waals surface area contributed by atoms with E-state index in [-0.39, 0.29) is 4.47 Å². The van der Waals surface area contributed by atoms with E-state index in [2.05, 4.69) is 20.7 Å². The van der Waals surface area contributed by atoms with Gasteiger partial charge < -0.3 is 4.74 Å². The fraction of sp³-hybridized carbons (Fsp3) is 0.300. The molecular formula is C10H7BrF4O5S. The molecule has 1 N–H and O–H groups in total. The van der Waals surface area contributed by atoms with Gasteiger partial charge in [0.05, 0.1) is 10.0 Å². The summed E-state index contributed by atoms with van der Waals surface area (Å²) >= 11 is 2.73. The Hall–Kier alpha value is -1.20. The highest BCUT2D eigenvalue weighted by Gasteiger charge is 2.45. The van der Waals surface area contributed by atoms with E-state index >= 15 is 0 Å². The van der Waals surface area contributed by atoms with Crippen molar-refractivity contribution in [2.24, 2.45) is 0 Å². The summed E-state index contributed by atoms with van der Waals surface area (Å²) in [5.41, 5.74) is -0.811. The first-order valence-corrected chi connectivity index (χ1v) is 7.49. The summed E-state index contributed by atoms with van der Waals surface area (Å²) in [7, 11) is -5.05. The minimum Gasteiger partial charge on any atom is -0.448 e. The molecule has 0 aliphatic heterocycles. The maximum atomic E-state index is 13.5. The van der Waals surface area contributed by atoms with Crippen molar-refractivity contribution < 1.29 is 40.1 Å². The van der Waals surface area contributed by atoms with E-state index in [1.165, 1.54) is 12.1 Å². The number of ether oxygens (including phenoxy) is 1. The zero-order chi connectivity index (χ0) is 16.4. The van der Waals surface area contributed by atoms with E-state index in [4.69, 9.17) is 4.55 Å². The molecule has 11 heteroatoms. The number of alkyl halides is 3. The van der Waals surface area contributed by atoms with Crippen LogP contribution in [0.1, 0.15) is 10.4 Å². The van der Waals surface area contributed by atoms with Crippen LogP contribution in [0, 0.1) is 5.82 Å². The lowest BCUT2D eigenvalue weighted by atomic mass is 10.2. The van der Waals surface area contributed by atoms with Gasteiger partial charge in [0.25, 0.3) is 10.1 Å². The van der Waals surface area contributed by atoms with E-state index in [1.54, 1.807) is 0 Å². The van der Waals surface area contributed by atoms with E-state index < -0.39 is 45.5 Å². The Morgan fingerprint density at radius 1 is 1.38 bits per heavy atom. The number of benzene rings is 1. The van der Waals surface area contributed by atoms with E-state index in [0.29, 0.717) is 0 Å². The van der Waals surface area contributed by atoms with Gasteiger partial charge in [0, 0.05) is 0 Å². The van der Waals surface area contributed by atoms with Crippen LogP contribution in [0.25, 0.3) is 0 Å². The normalized spacial score (nSPS) is 13.8. The van der Waals surface area contributed by atoms with Gasteiger partial charge in [-0.1, -0.05) is 6.07 Å². The monoisotopic (exact) mass is 394 g/mol. The summed E-state index contributed by atoms with van der Waals surface area (Å²) < 4.78 is 84.4. The van der Waals surface area contributed by atoms with Gasteiger partial charge in [0.1, 0.15) is 5.75 Å². The van der Waals surface area contributed by atoms with Gasteiger partial charge in [-0.2, -0.15) is 21.6 Å². The average molecular weight is 395 g/mol. The largest absolute Gasteiger partial charge is 0.448 e. The average Bonchev–Trinajstić information content (AvgIpc) is 2.28. The van der Waals surface area contributed by atoms with Crippen LogP contribution in [-0.4, -0.2) is 37.0 Å². The quantitative estimate of drug-likeness (QED) is 0.482. The Balaban J connectivity index is 3.04. The van der Waals surface area contributed by atoms with E-state index in [9.17, 15) is 30.8 Å². The lowest BCUT2D eigenvalue weighted by molar-refractivity contribution is -0.197. The molecule has 0 aliphatic rings. The van der Waals surface area contributed by atoms with Crippen LogP contribution in [0.2, 0.25) is 0 Å². The third-order valence-electron chi connectivity index (χ3n) is 2.15. The Bertz CT molecular complexity index is 643. The summed E-state index contributed by atoms with van der Waals surface area (Å²) in [6.07, 6.45) is -8.35. The molecule has 0 fully saturated rings. The van der Waals surface area contributed by atoms with Crippen LogP contribution >= 0.6 is 15.9 Å². The predicted molar refractivity (Wildman–Crippen MR) is 65.8 cm³/mol. The molecule has 5 nitrogen and oxygen atoms in total. The molecule has 118 valence electrons. The lowest BCUT2D eigenvalue weighted by Gasteiger charge is -2.19. The van der Waals surface area contributed by atoms with Gasteiger partial charge >= 0.3 is 12.1 Å². The highest BCUT2D eigenvalue weighted by atomic mass is 79.9. The number of esters is 1. The highest BCUT2D eigenvalue weighted by molar-refractivity contribution is 9.10. The summed E-state index contributed by atoms with van der Waals surface area (Å²) in [6.45, 7) is 0. The molecule has 0 saturated heterocycles. The molecule has 1 aromatic carbocycles. The maximum Gasteiger partial charge on any atom is 0.426 e. The SMILES string of the molecule is O=C(OC(CS(=O)(=O)O)C(F)(F)F)c1cccc(Br)c1F. The minimum absolute atomic E-state index is 0.185. The Kier molecular flexibility index (Phi) is 5.34. The Morgan fingerprint density at radius 2 is 1.95 bits per heavy atom. The minimum atomic E-state index is -5.24. The van der Waals surface area contributed by atoms with Crippen molar-refractivity contribution in [1.29, 1.82) is 0 Å².